The van der Waals surface area contributed by atoms with Crippen LogP contribution in [-0.4, -0.2) is 220 Å². The van der Waals surface area contributed by atoms with E-state index in [9.17, 15) is 39.0 Å². The molecule has 4 aromatic carbocycles. The molecule has 0 saturated heterocycles. The molecule has 32 heteroatoms. The monoisotopic (exact) mass is 1650 g/mol. The fourth-order valence-corrected chi connectivity index (χ4v) is 12.3. The van der Waals surface area contributed by atoms with Crippen molar-refractivity contribution in [1.29, 1.82) is 0 Å². The number of benzene rings is 4. The molecule has 0 bridgehead atoms. The molecule has 0 radical (unpaired) electrons. The highest BCUT2D eigenvalue weighted by Gasteiger charge is 2.22. The Morgan fingerprint density at radius 2 is 0.458 bits per heavy atom. The SMILES string of the molecule is COC(=O)c1cccc(CN(CCN(Cc2cc(OC)cc(OC)c2)Cc2cccc(C(=O)OC)n2)Cc2cc(OC)cc(OC)c2)n1.COC(=O)c1cccc(CNCCNCc2cccc(C(=O)OC)n2)n1.COc1cc(CN(CCN(Cc2cc(OC)cc(OC)c2)Cc2cccc(C(=O)O)n2)Cc2cccc(C(=O)O)n2)cc(OC)c1. The zero-order valence-electron chi connectivity index (χ0n) is 69.3. The van der Waals surface area contributed by atoms with Crippen LogP contribution < -0.4 is 48.5 Å². The second-order valence-electron chi connectivity index (χ2n) is 26.7. The van der Waals surface area contributed by atoms with Crippen LogP contribution in [0.5, 0.6) is 46.0 Å². The lowest BCUT2D eigenvalue weighted by molar-refractivity contribution is 0.0584. The number of carboxylic acids is 2. The van der Waals surface area contributed by atoms with Crippen molar-refractivity contribution in [1.82, 2.24) is 60.1 Å². The minimum absolute atomic E-state index is 0.0292. The number of methoxy groups -OCH3 is 12. The van der Waals surface area contributed by atoms with Crippen LogP contribution in [0.25, 0.3) is 0 Å². The molecule has 0 spiro atoms. The summed E-state index contributed by atoms with van der Waals surface area (Å²) < 4.78 is 63.1. The smallest absolute Gasteiger partial charge is 0.356 e. The number of aromatic nitrogens is 6. The van der Waals surface area contributed by atoms with E-state index in [2.05, 4.69) is 69.6 Å². The van der Waals surface area contributed by atoms with Gasteiger partial charge in [0.1, 0.15) is 80.2 Å². The number of carbonyl (C=O) groups excluding carboxylic acids is 4. The molecule has 0 amide bonds. The summed E-state index contributed by atoms with van der Waals surface area (Å²) in [7, 11) is 18.2. The third-order valence-electron chi connectivity index (χ3n) is 18.2. The Morgan fingerprint density at radius 3 is 0.658 bits per heavy atom. The molecule has 120 heavy (non-hydrogen) atoms. The van der Waals surface area contributed by atoms with Gasteiger partial charge in [0.05, 0.1) is 119 Å². The fraction of sp³-hybridized carbons (Fsp3) is 0.318. The molecular formula is C88H102N12O20. The number of rotatable bonds is 43. The van der Waals surface area contributed by atoms with E-state index in [4.69, 9.17) is 47.4 Å². The average molecular weight is 1650 g/mol. The number of aromatic carboxylic acids is 2. The Bertz CT molecular complexity index is 4620. The molecule has 0 unspecified atom stereocenters. The van der Waals surface area contributed by atoms with Gasteiger partial charge in [-0.15, -0.1) is 0 Å². The molecule has 6 heterocycles. The van der Waals surface area contributed by atoms with Gasteiger partial charge < -0.3 is 77.7 Å². The maximum Gasteiger partial charge on any atom is 0.356 e. The third-order valence-corrected chi connectivity index (χ3v) is 18.2. The van der Waals surface area contributed by atoms with E-state index >= 15 is 0 Å². The van der Waals surface area contributed by atoms with Gasteiger partial charge in [0.25, 0.3) is 0 Å². The van der Waals surface area contributed by atoms with Gasteiger partial charge in [0, 0.05) is 129 Å². The zero-order chi connectivity index (χ0) is 86.3. The summed E-state index contributed by atoms with van der Waals surface area (Å²) in [5.74, 6) is 1.24. The number of pyridine rings is 6. The van der Waals surface area contributed by atoms with E-state index in [1.54, 1.807) is 142 Å². The van der Waals surface area contributed by atoms with E-state index in [1.165, 1.54) is 40.6 Å². The molecular weight excluding hydrogens is 1550 g/mol. The second kappa shape index (κ2) is 48.5. The zero-order valence-corrected chi connectivity index (χ0v) is 69.3. The average Bonchev–Trinajstić information content (AvgIpc) is 0.845. The predicted molar refractivity (Wildman–Crippen MR) is 443 cm³/mol. The lowest BCUT2D eigenvalue weighted by Crippen LogP contribution is -2.35. The molecule has 0 fully saturated rings. The summed E-state index contributed by atoms with van der Waals surface area (Å²) in [5.41, 5.74) is 9.00. The van der Waals surface area contributed by atoms with Gasteiger partial charge in [-0.3, -0.25) is 19.6 Å². The maximum absolute atomic E-state index is 12.2. The first-order valence-electron chi connectivity index (χ1n) is 37.8. The first-order chi connectivity index (χ1) is 58.1. The minimum atomic E-state index is -1.10. The summed E-state index contributed by atoms with van der Waals surface area (Å²) in [6.45, 7) is 8.46. The number of carboxylic acid groups (broad SMARTS) is 2. The first kappa shape index (κ1) is 92.3. The van der Waals surface area contributed by atoms with Crippen molar-refractivity contribution < 1.29 is 95.8 Å². The lowest BCUT2D eigenvalue weighted by atomic mass is 10.1. The van der Waals surface area contributed by atoms with Gasteiger partial charge in [-0.25, -0.2) is 58.7 Å². The number of esters is 4. The van der Waals surface area contributed by atoms with Crippen molar-refractivity contribution in [2.45, 2.75) is 65.4 Å². The standard InChI is InChI=1S/C36H42N4O8.C34H38N4O8.C18H22N4O4/c1-43-29-15-25(16-30(19-29)44-2)21-39(23-27-9-7-11-33(37-27)35(41)47-5)13-14-40(22-26-17-31(45-3)20-32(18-26)46-4)24-28-10-8-12-34(38-28)36(42)48-6;1-43-27-13-23(14-28(17-27)44-2)19-37(21-25-7-5-9-31(35-25)33(39)40)11-12-38(22-26-8-6-10-32(36-26)34(41)42)20-24-15-29(45-3)18-30(16-24)46-4;1-25-17(23)15-7-3-5-13(21-15)11-19-9-10-20-12-14-6-4-8-16(22-14)18(24)26-2/h7-12,15-20H,13-14,21-24H2,1-6H3;5-10,13-18H,11-12,19-22H2,1-4H3,(H,39,40)(H,41,42);3-8,19-20H,9-12H2,1-2H3. The number of nitrogens with zero attached hydrogens (tertiary/aromatic N) is 10. The molecule has 0 aliphatic carbocycles. The molecule has 0 aliphatic rings. The largest absolute Gasteiger partial charge is 0.497 e. The lowest BCUT2D eigenvalue weighted by Gasteiger charge is -2.28. The number of hydrogen-bond donors (Lipinski definition) is 4. The van der Waals surface area contributed by atoms with Crippen molar-refractivity contribution in [3.8, 4) is 46.0 Å². The van der Waals surface area contributed by atoms with Crippen LogP contribution in [0.2, 0.25) is 0 Å². The fourth-order valence-electron chi connectivity index (χ4n) is 12.3. The van der Waals surface area contributed by atoms with Crippen LogP contribution in [0, 0.1) is 0 Å². The topological polar surface area (TPSA) is 368 Å². The van der Waals surface area contributed by atoms with Crippen LogP contribution in [0.4, 0.5) is 0 Å². The third kappa shape index (κ3) is 30.0. The molecule has 6 aromatic heterocycles. The molecule has 4 N–H and O–H groups in total. The molecule has 32 nitrogen and oxygen atoms in total. The van der Waals surface area contributed by atoms with Crippen molar-refractivity contribution in [2.24, 2.45) is 0 Å². The minimum Gasteiger partial charge on any atom is -0.497 e. The van der Waals surface area contributed by atoms with Crippen LogP contribution in [0.15, 0.2) is 182 Å². The Balaban J connectivity index is 0.000000234. The Morgan fingerprint density at radius 1 is 0.267 bits per heavy atom. The maximum atomic E-state index is 12.2. The Hall–Kier alpha value is -13.2. The highest BCUT2D eigenvalue weighted by Crippen LogP contribution is 2.29. The molecule has 0 saturated carbocycles. The summed E-state index contributed by atoms with van der Waals surface area (Å²) in [5, 5.41) is 25.5. The van der Waals surface area contributed by atoms with Crippen molar-refractivity contribution in [3.63, 3.8) is 0 Å². The van der Waals surface area contributed by atoms with Crippen molar-refractivity contribution in [3.05, 3.63) is 273 Å². The van der Waals surface area contributed by atoms with Crippen LogP contribution in [0.3, 0.4) is 0 Å². The van der Waals surface area contributed by atoms with E-state index in [0.29, 0.717) is 185 Å². The van der Waals surface area contributed by atoms with Gasteiger partial charge in [0.15, 0.2) is 0 Å². The second-order valence-corrected chi connectivity index (χ2v) is 26.7. The number of nitrogens with one attached hydrogen (secondary N) is 2. The van der Waals surface area contributed by atoms with Crippen molar-refractivity contribution >= 4 is 35.8 Å². The van der Waals surface area contributed by atoms with Gasteiger partial charge >= 0.3 is 35.8 Å². The van der Waals surface area contributed by atoms with E-state index in [-0.39, 0.29) is 22.8 Å². The summed E-state index contributed by atoms with van der Waals surface area (Å²) >= 11 is 0. The summed E-state index contributed by atoms with van der Waals surface area (Å²) in [6.07, 6.45) is 0. The highest BCUT2D eigenvalue weighted by molar-refractivity contribution is 5.89. The highest BCUT2D eigenvalue weighted by atomic mass is 16.5. The first-order valence-corrected chi connectivity index (χ1v) is 37.8. The molecule has 10 aromatic rings. The molecule has 10 rings (SSSR count). The number of hydrogen-bond acceptors (Lipinski definition) is 30. The van der Waals surface area contributed by atoms with E-state index < -0.39 is 35.8 Å². The summed E-state index contributed by atoms with van der Waals surface area (Å²) in [4.78, 5) is 106. The Labute approximate surface area is 697 Å². The van der Waals surface area contributed by atoms with Gasteiger partial charge in [0.2, 0.25) is 0 Å². The predicted octanol–water partition coefficient (Wildman–Crippen LogP) is 10.3. The van der Waals surface area contributed by atoms with Gasteiger partial charge in [-0.1, -0.05) is 36.4 Å². The van der Waals surface area contributed by atoms with Crippen molar-refractivity contribution in [2.75, 3.05) is 125 Å². The number of carbonyl (C=O) groups is 6. The molecule has 0 aliphatic heterocycles. The quantitative estimate of drug-likeness (QED) is 0.0157. The normalized spacial score (nSPS) is 10.8. The van der Waals surface area contributed by atoms with E-state index in [1.807, 2.05) is 84.9 Å². The van der Waals surface area contributed by atoms with Crippen LogP contribution >= 0.6 is 0 Å². The number of ether oxygens (including phenoxy) is 12. The van der Waals surface area contributed by atoms with Crippen LogP contribution in [0.1, 0.15) is 119 Å². The van der Waals surface area contributed by atoms with Crippen LogP contribution in [-0.2, 0) is 84.4 Å². The van der Waals surface area contributed by atoms with Gasteiger partial charge in [-0.05, 0) is 144 Å². The molecule has 0 atom stereocenters. The Kier molecular flexibility index (Phi) is 37.3. The van der Waals surface area contributed by atoms with Gasteiger partial charge in [-0.2, -0.15) is 0 Å². The van der Waals surface area contributed by atoms with E-state index in [0.717, 1.165) is 33.6 Å². The molecule has 634 valence electrons. The summed E-state index contributed by atoms with van der Waals surface area (Å²) in [6, 6.07) is 53.8.